The zero-order valence-electron chi connectivity index (χ0n) is 9.84. The Balaban J connectivity index is 2.17. The van der Waals surface area contributed by atoms with Crippen LogP contribution in [0, 0.1) is 6.92 Å². The fraction of sp³-hybridized carbons (Fsp3) is 0.0769. The molecule has 3 rings (SSSR count). The van der Waals surface area contributed by atoms with Gasteiger partial charge in [0.05, 0.1) is 0 Å². The lowest BCUT2D eigenvalue weighted by molar-refractivity contribution is 0.397. The van der Waals surface area contributed by atoms with Crippen LogP contribution in [0.2, 0.25) is 0 Å². The lowest BCUT2D eigenvalue weighted by Crippen LogP contribution is -1.93. The molecule has 0 saturated carbocycles. The fourth-order valence-corrected chi connectivity index (χ4v) is 4.31. The van der Waals surface area contributed by atoms with Crippen LogP contribution in [0.3, 0.4) is 0 Å². The van der Waals surface area contributed by atoms with Crippen LogP contribution in [0.4, 0.5) is 0 Å². The van der Waals surface area contributed by atoms with Gasteiger partial charge in [-0.3, -0.25) is 0 Å². The summed E-state index contributed by atoms with van der Waals surface area (Å²) in [6.45, 7) is 1.73. The molecule has 6 heteroatoms. The Morgan fingerprint density at radius 1 is 0.737 bits per heavy atom. The zero-order valence-corrected chi connectivity index (χ0v) is 11.5. The predicted molar refractivity (Wildman–Crippen MR) is 72.5 cm³/mol. The monoisotopic (exact) mass is 294 g/mol. The maximum absolute atomic E-state index is 9.75. The third kappa shape index (κ3) is 1.87. The third-order valence-electron chi connectivity index (χ3n) is 2.90. The number of hydrogen-bond acceptors (Lipinski definition) is 6. The van der Waals surface area contributed by atoms with Crippen LogP contribution >= 0.6 is 23.5 Å². The van der Waals surface area contributed by atoms with Gasteiger partial charge in [-0.25, -0.2) is 0 Å². The zero-order chi connectivity index (χ0) is 13.7. The Morgan fingerprint density at radius 3 is 1.89 bits per heavy atom. The first-order chi connectivity index (χ1) is 8.97. The van der Waals surface area contributed by atoms with Crippen molar-refractivity contribution in [2.24, 2.45) is 0 Å². The molecule has 1 aliphatic heterocycles. The maximum Gasteiger partial charge on any atom is 0.161 e. The number of aromatic hydroxyl groups is 4. The second kappa shape index (κ2) is 4.18. The van der Waals surface area contributed by atoms with E-state index in [0.717, 1.165) is 19.6 Å². The van der Waals surface area contributed by atoms with Crippen molar-refractivity contribution in [1.29, 1.82) is 0 Å². The quantitative estimate of drug-likeness (QED) is 0.476. The van der Waals surface area contributed by atoms with Gasteiger partial charge in [0.15, 0.2) is 23.0 Å². The molecule has 4 nitrogen and oxygen atoms in total. The minimum Gasteiger partial charge on any atom is -0.504 e. The van der Waals surface area contributed by atoms with E-state index in [9.17, 15) is 20.4 Å². The molecular formula is C13H10O4S2. The smallest absolute Gasteiger partial charge is 0.161 e. The molecule has 0 saturated heterocycles. The molecule has 98 valence electrons. The summed E-state index contributed by atoms with van der Waals surface area (Å²) >= 11 is 2.77. The molecule has 0 fully saturated rings. The van der Waals surface area contributed by atoms with Crippen molar-refractivity contribution in [3.05, 3.63) is 23.8 Å². The molecule has 19 heavy (non-hydrogen) atoms. The van der Waals surface area contributed by atoms with Crippen molar-refractivity contribution < 1.29 is 20.4 Å². The Bertz CT molecular complexity index is 698. The summed E-state index contributed by atoms with van der Waals surface area (Å²) < 4.78 is 0. The second-order valence-corrected chi connectivity index (χ2v) is 6.32. The van der Waals surface area contributed by atoms with E-state index in [1.54, 1.807) is 6.92 Å². The van der Waals surface area contributed by atoms with E-state index in [4.69, 9.17) is 0 Å². The number of hydrogen-bond donors (Lipinski definition) is 4. The highest BCUT2D eigenvalue weighted by Crippen LogP contribution is 2.54. The van der Waals surface area contributed by atoms with Gasteiger partial charge in [0, 0.05) is 25.1 Å². The van der Waals surface area contributed by atoms with Crippen molar-refractivity contribution in [1.82, 2.24) is 0 Å². The summed E-state index contributed by atoms with van der Waals surface area (Å²) in [7, 11) is 0. The standard InChI is InChI=1S/C13H10O4S2/c1-5-12(17)8(16)4-11-13(5)19-10-3-7(15)6(14)2-9(10)18-11/h2-4,14-17H,1H3. The van der Waals surface area contributed by atoms with E-state index < -0.39 is 0 Å². The van der Waals surface area contributed by atoms with Gasteiger partial charge < -0.3 is 20.4 Å². The maximum atomic E-state index is 9.75. The van der Waals surface area contributed by atoms with Crippen LogP contribution < -0.4 is 0 Å². The second-order valence-electron chi connectivity index (χ2n) is 4.19. The lowest BCUT2D eigenvalue weighted by atomic mass is 10.2. The van der Waals surface area contributed by atoms with Crippen molar-refractivity contribution in [3.8, 4) is 23.0 Å². The van der Waals surface area contributed by atoms with E-state index in [-0.39, 0.29) is 23.0 Å². The SMILES string of the molecule is Cc1c(O)c(O)cc2c1Sc1cc(O)c(O)cc1S2. The molecule has 4 N–H and O–H groups in total. The number of phenolic OH excluding ortho intramolecular Hbond substituents is 4. The van der Waals surface area contributed by atoms with Gasteiger partial charge in [-0.15, -0.1) is 0 Å². The molecule has 0 spiro atoms. The molecular weight excluding hydrogens is 284 g/mol. The third-order valence-corrected chi connectivity index (χ3v) is 5.55. The first-order valence-electron chi connectivity index (χ1n) is 5.44. The molecule has 0 aromatic heterocycles. The van der Waals surface area contributed by atoms with Crippen LogP contribution in [-0.4, -0.2) is 20.4 Å². The van der Waals surface area contributed by atoms with E-state index >= 15 is 0 Å². The van der Waals surface area contributed by atoms with Crippen molar-refractivity contribution in [3.63, 3.8) is 0 Å². The van der Waals surface area contributed by atoms with Gasteiger partial charge in [-0.05, 0) is 25.1 Å². The molecule has 0 unspecified atom stereocenters. The molecule has 0 aliphatic carbocycles. The van der Waals surface area contributed by atoms with Gasteiger partial charge >= 0.3 is 0 Å². The van der Waals surface area contributed by atoms with Gasteiger partial charge in [0.2, 0.25) is 0 Å². The topological polar surface area (TPSA) is 80.9 Å². The minimum absolute atomic E-state index is 0.127. The van der Waals surface area contributed by atoms with Crippen LogP contribution in [0.5, 0.6) is 23.0 Å². The highest BCUT2D eigenvalue weighted by molar-refractivity contribution is 8.05. The Labute approximate surface area is 117 Å². The van der Waals surface area contributed by atoms with Crippen LogP contribution in [0.25, 0.3) is 0 Å². The summed E-state index contributed by atoms with van der Waals surface area (Å²) in [6.07, 6.45) is 0. The molecule has 2 aromatic rings. The van der Waals surface area contributed by atoms with E-state index in [2.05, 4.69) is 0 Å². The van der Waals surface area contributed by atoms with Gasteiger partial charge in [-0.1, -0.05) is 23.5 Å². The molecule has 0 amide bonds. The lowest BCUT2D eigenvalue weighted by Gasteiger charge is -2.21. The van der Waals surface area contributed by atoms with Gasteiger partial charge in [-0.2, -0.15) is 0 Å². The average Bonchev–Trinajstić information content (AvgIpc) is 2.37. The first kappa shape index (κ1) is 12.4. The van der Waals surface area contributed by atoms with Crippen LogP contribution in [0.15, 0.2) is 37.8 Å². The van der Waals surface area contributed by atoms with Crippen molar-refractivity contribution >= 4 is 23.5 Å². The summed E-state index contributed by atoms with van der Waals surface area (Å²) in [6, 6.07) is 4.49. The number of fused-ring (bicyclic) bond motifs is 2. The first-order valence-corrected chi connectivity index (χ1v) is 7.08. The Hall–Kier alpha value is -1.66. The minimum atomic E-state index is -0.171. The van der Waals surface area contributed by atoms with Gasteiger partial charge in [0.25, 0.3) is 0 Å². The normalized spacial score (nSPS) is 12.9. The molecule has 1 heterocycles. The highest BCUT2D eigenvalue weighted by Gasteiger charge is 2.23. The van der Waals surface area contributed by atoms with E-state index in [1.807, 2.05) is 0 Å². The summed E-state index contributed by atoms with van der Waals surface area (Å²) in [5.41, 5.74) is 0.603. The molecule has 0 bridgehead atoms. The molecule has 0 radical (unpaired) electrons. The summed E-state index contributed by atoms with van der Waals surface area (Å²) in [5.74, 6) is -0.625. The molecule has 2 aromatic carbocycles. The van der Waals surface area contributed by atoms with E-state index in [1.165, 1.54) is 41.7 Å². The predicted octanol–water partition coefficient (Wildman–Crippen LogP) is 3.43. The Morgan fingerprint density at radius 2 is 1.26 bits per heavy atom. The van der Waals surface area contributed by atoms with E-state index in [0.29, 0.717) is 5.56 Å². The van der Waals surface area contributed by atoms with Gasteiger partial charge in [0.1, 0.15) is 0 Å². The fourth-order valence-electron chi connectivity index (χ4n) is 1.87. The van der Waals surface area contributed by atoms with Crippen LogP contribution in [-0.2, 0) is 0 Å². The van der Waals surface area contributed by atoms with Crippen LogP contribution in [0.1, 0.15) is 5.56 Å². The number of phenols is 4. The summed E-state index contributed by atoms with van der Waals surface area (Å²) in [4.78, 5) is 3.27. The summed E-state index contributed by atoms with van der Waals surface area (Å²) in [5, 5.41) is 38.4. The largest absolute Gasteiger partial charge is 0.504 e. The average molecular weight is 294 g/mol. The molecule has 1 aliphatic rings. The number of rotatable bonds is 0. The van der Waals surface area contributed by atoms with Crippen molar-refractivity contribution in [2.75, 3.05) is 0 Å². The highest BCUT2D eigenvalue weighted by atomic mass is 32.2. The molecule has 0 atom stereocenters. The van der Waals surface area contributed by atoms with Crippen molar-refractivity contribution in [2.45, 2.75) is 26.5 Å². The number of benzene rings is 2. The Kier molecular flexibility index (Phi) is 2.72.